The van der Waals surface area contributed by atoms with Crippen molar-refractivity contribution in [3.8, 4) is 0 Å². The van der Waals surface area contributed by atoms with Gasteiger partial charge in [0.15, 0.2) is 0 Å². The second kappa shape index (κ2) is 3.25. The van der Waals surface area contributed by atoms with Gasteiger partial charge in [-0.3, -0.25) is 0 Å². The number of fused-ring (bicyclic) bond motifs is 1. The van der Waals surface area contributed by atoms with E-state index in [0.29, 0.717) is 0 Å². The zero-order valence-electron chi connectivity index (χ0n) is 8.29. The summed E-state index contributed by atoms with van der Waals surface area (Å²) < 4.78 is 0. The number of nitrogens with one attached hydrogen (secondary N) is 1. The van der Waals surface area contributed by atoms with E-state index in [1.165, 1.54) is 29.7 Å². The molecular formula is C13H15N. The molecule has 0 radical (unpaired) electrons. The van der Waals surface area contributed by atoms with Crippen molar-refractivity contribution < 1.29 is 0 Å². The number of rotatable bonds is 1. The summed E-state index contributed by atoms with van der Waals surface area (Å²) in [6, 6.07) is 6.98. The summed E-state index contributed by atoms with van der Waals surface area (Å²) in [5, 5.41) is 3.42. The highest BCUT2D eigenvalue weighted by Gasteiger charge is 2.17. The smallest absolute Gasteiger partial charge is 0.00206 e. The quantitative estimate of drug-likeness (QED) is 0.708. The second-order valence-corrected chi connectivity index (χ2v) is 4.25. The van der Waals surface area contributed by atoms with E-state index >= 15 is 0 Å². The molecule has 14 heavy (non-hydrogen) atoms. The minimum absolute atomic E-state index is 0.745. The van der Waals surface area contributed by atoms with Crippen molar-refractivity contribution in [3.05, 3.63) is 41.0 Å². The van der Waals surface area contributed by atoms with Crippen LogP contribution >= 0.6 is 0 Å². The maximum absolute atomic E-state index is 3.42. The maximum Gasteiger partial charge on any atom is 0.00206 e. The minimum Gasteiger partial charge on any atom is -0.316 e. The summed E-state index contributed by atoms with van der Waals surface area (Å²) in [6.45, 7) is 2.33. The molecule has 1 aromatic rings. The third kappa shape index (κ3) is 1.28. The summed E-state index contributed by atoms with van der Waals surface area (Å²) in [5.41, 5.74) is 4.44. The second-order valence-electron chi connectivity index (χ2n) is 4.25. The van der Waals surface area contributed by atoms with Crippen LogP contribution in [0.1, 0.15) is 29.0 Å². The van der Waals surface area contributed by atoms with Crippen LogP contribution in [0, 0.1) is 0 Å². The summed E-state index contributed by atoms with van der Waals surface area (Å²) in [4.78, 5) is 0. The molecule has 1 N–H and O–H groups in total. The Morgan fingerprint density at radius 3 is 3.14 bits per heavy atom. The summed E-state index contributed by atoms with van der Waals surface area (Å²) in [5.74, 6) is 0.745. The molecule has 1 atom stereocenters. The molecule has 1 fully saturated rings. The topological polar surface area (TPSA) is 12.0 Å². The van der Waals surface area contributed by atoms with E-state index in [0.717, 1.165) is 18.9 Å². The predicted octanol–water partition coefficient (Wildman–Crippen LogP) is 2.33. The number of allylic oxidation sites excluding steroid dienone is 1. The van der Waals surface area contributed by atoms with Gasteiger partial charge in [0.1, 0.15) is 0 Å². The lowest BCUT2D eigenvalue weighted by Crippen LogP contribution is -2.08. The van der Waals surface area contributed by atoms with Crippen LogP contribution in [-0.2, 0) is 6.42 Å². The number of benzene rings is 1. The molecule has 1 saturated heterocycles. The molecule has 1 heteroatoms. The van der Waals surface area contributed by atoms with Crippen molar-refractivity contribution in [1.29, 1.82) is 0 Å². The van der Waals surface area contributed by atoms with Gasteiger partial charge in [-0.05, 0) is 42.0 Å². The molecule has 1 unspecified atom stereocenters. The van der Waals surface area contributed by atoms with Gasteiger partial charge in [-0.1, -0.05) is 30.4 Å². The lowest BCUT2D eigenvalue weighted by molar-refractivity contribution is 0.763. The Morgan fingerprint density at radius 1 is 1.29 bits per heavy atom. The van der Waals surface area contributed by atoms with E-state index in [9.17, 15) is 0 Å². The molecule has 0 saturated carbocycles. The largest absolute Gasteiger partial charge is 0.316 e. The lowest BCUT2D eigenvalue weighted by atomic mass is 9.95. The number of hydrogen-bond donors (Lipinski definition) is 1. The molecule has 2 aliphatic rings. The first kappa shape index (κ1) is 8.25. The van der Waals surface area contributed by atoms with Crippen molar-refractivity contribution in [2.75, 3.05) is 13.1 Å². The molecule has 1 heterocycles. The van der Waals surface area contributed by atoms with Gasteiger partial charge >= 0.3 is 0 Å². The Hall–Kier alpha value is -1.08. The molecule has 1 aromatic carbocycles. The van der Waals surface area contributed by atoms with Crippen molar-refractivity contribution in [1.82, 2.24) is 5.32 Å². The van der Waals surface area contributed by atoms with Gasteiger partial charge in [0, 0.05) is 6.54 Å². The first-order valence-corrected chi connectivity index (χ1v) is 5.43. The van der Waals surface area contributed by atoms with Gasteiger partial charge in [0.25, 0.3) is 0 Å². The van der Waals surface area contributed by atoms with Gasteiger partial charge in [-0.15, -0.1) is 0 Å². The van der Waals surface area contributed by atoms with Crippen LogP contribution in [0.4, 0.5) is 0 Å². The zero-order valence-corrected chi connectivity index (χ0v) is 8.29. The summed E-state index contributed by atoms with van der Waals surface area (Å²) in [7, 11) is 0. The molecule has 1 aliphatic carbocycles. The molecule has 0 bridgehead atoms. The molecule has 1 aliphatic heterocycles. The molecule has 0 amide bonds. The highest BCUT2D eigenvalue weighted by Crippen LogP contribution is 2.27. The van der Waals surface area contributed by atoms with Crippen LogP contribution < -0.4 is 5.32 Å². The van der Waals surface area contributed by atoms with Crippen LogP contribution in [0.15, 0.2) is 24.3 Å². The molecule has 3 rings (SSSR count). The Kier molecular flexibility index (Phi) is 1.91. The summed E-state index contributed by atoms with van der Waals surface area (Å²) in [6.07, 6.45) is 6.92. The van der Waals surface area contributed by atoms with E-state index in [1.54, 1.807) is 0 Å². The van der Waals surface area contributed by atoms with Crippen molar-refractivity contribution in [2.45, 2.75) is 18.8 Å². The van der Waals surface area contributed by atoms with Crippen molar-refractivity contribution >= 4 is 6.08 Å². The summed E-state index contributed by atoms with van der Waals surface area (Å²) >= 11 is 0. The molecule has 1 nitrogen and oxygen atoms in total. The molecule has 72 valence electrons. The van der Waals surface area contributed by atoms with Crippen LogP contribution in [-0.4, -0.2) is 13.1 Å². The highest BCUT2D eigenvalue weighted by molar-refractivity contribution is 5.61. The fourth-order valence-corrected chi connectivity index (χ4v) is 2.46. The molecular weight excluding hydrogens is 170 g/mol. The van der Waals surface area contributed by atoms with E-state index in [1.807, 2.05) is 0 Å². The van der Waals surface area contributed by atoms with Crippen LogP contribution in [0.2, 0.25) is 0 Å². The first-order valence-electron chi connectivity index (χ1n) is 5.43. The Labute approximate surface area is 84.8 Å². The Morgan fingerprint density at radius 2 is 2.29 bits per heavy atom. The molecule has 0 spiro atoms. The maximum atomic E-state index is 3.42. The zero-order chi connectivity index (χ0) is 9.38. The van der Waals surface area contributed by atoms with E-state index in [-0.39, 0.29) is 0 Å². The monoisotopic (exact) mass is 185 g/mol. The van der Waals surface area contributed by atoms with Gasteiger partial charge in [-0.25, -0.2) is 0 Å². The lowest BCUT2D eigenvalue weighted by Gasteiger charge is -2.10. The minimum atomic E-state index is 0.745. The first-order chi connectivity index (χ1) is 6.93. The normalized spacial score (nSPS) is 24.1. The van der Waals surface area contributed by atoms with Crippen LogP contribution in [0.25, 0.3) is 6.08 Å². The third-order valence-electron chi connectivity index (χ3n) is 3.34. The highest BCUT2D eigenvalue weighted by atomic mass is 14.9. The Balaban J connectivity index is 1.95. The van der Waals surface area contributed by atoms with Crippen molar-refractivity contribution in [3.63, 3.8) is 0 Å². The fraction of sp³-hybridized carbons (Fsp3) is 0.385. The fourth-order valence-electron chi connectivity index (χ4n) is 2.46. The Bertz CT molecular complexity index is 373. The number of hydrogen-bond acceptors (Lipinski definition) is 1. The van der Waals surface area contributed by atoms with Crippen LogP contribution in [0.3, 0.4) is 0 Å². The average Bonchev–Trinajstić information content (AvgIpc) is 2.88. The third-order valence-corrected chi connectivity index (χ3v) is 3.34. The van der Waals surface area contributed by atoms with Gasteiger partial charge < -0.3 is 5.32 Å². The van der Waals surface area contributed by atoms with Gasteiger partial charge in [0.2, 0.25) is 0 Å². The van der Waals surface area contributed by atoms with Gasteiger partial charge in [-0.2, -0.15) is 0 Å². The van der Waals surface area contributed by atoms with E-state index < -0.39 is 0 Å². The predicted molar refractivity (Wildman–Crippen MR) is 59.4 cm³/mol. The van der Waals surface area contributed by atoms with E-state index in [4.69, 9.17) is 0 Å². The van der Waals surface area contributed by atoms with Crippen molar-refractivity contribution in [2.24, 2.45) is 0 Å². The van der Waals surface area contributed by atoms with Crippen LogP contribution in [0.5, 0.6) is 0 Å². The average molecular weight is 185 g/mol. The standard InChI is InChI=1S/C13H15N/c1-2-10-4-5-12(8-11(10)3-1)13-6-7-14-9-13/h1,3-5,8,13-14H,2,6-7,9H2. The SMILES string of the molecule is C1=Cc2cc(C3CCNC3)ccc2C1. The molecule has 0 aromatic heterocycles. The van der Waals surface area contributed by atoms with Gasteiger partial charge in [0.05, 0.1) is 0 Å². The van der Waals surface area contributed by atoms with E-state index in [2.05, 4.69) is 35.7 Å².